The molecule has 0 saturated carbocycles. The average Bonchev–Trinajstić information content (AvgIpc) is 3.48. The van der Waals surface area contributed by atoms with Crippen LogP contribution >= 0.6 is 23.1 Å². The molecule has 0 aliphatic heterocycles. The number of thiazole rings is 1. The summed E-state index contributed by atoms with van der Waals surface area (Å²) in [5.41, 5.74) is 4.16. The van der Waals surface area contributed by atoms with E-state index in [1.54, 1.807) is 0 Å². The van der Waals surface area contributed by atoms with Crippen LogP contribution < -0.4 is 10.1 Å². The lowest BCUT2D eigenvalue weighted by atomic mass is 10.1. The van der Waals surface area contributed by atoms with Crippen LogP contribution in [0.5, 0.6) is 5.75 Å². The van der Waals surface area contributed by atoms with Crippen molar-refractivity contribution in [1.82, 2.24) is 19.7 Å². The highest BCUT2D eigenvalue weighted by Crippen LogP contribution is 2.28. The molecule has 1 amide bonds. The van der Waals surface area contributed by atoms with Crippen LogP contribution in [0.15, 0.2) is 59.1 Å². The minimum Gasteiger partial charge on any atom is -0.482 e. The van der Waals surface area contributed by atoms with Crippen LogP contribution in [0.2, 0.25) is 0 Å². The fourth-order valence-electron chi connectivity index (χ4n) is 3.46. The van der Waals surface area contributed by atoms with Gasteiger partial charge < -0.3 is 14.6 Å². The number of rotatable bonds is 9. The molecule has 9 heteroatoms. The smallest absolute Gasteiger partial charge is 0.236 e. The molecule has 1 unspecified atom stereocenters. The first-order chi connectivity index (χ1) is 16.5. The van der Waals surface area contributed by atoms with E-state index in [0.29, 0.717) is 16.8 Å². The second kappa shape index (κ2) is 10.8. The summed E-state index contributed by atoms with van der Waals surface area (Å²) in [5, 5.41) is 14.8. The Bertz CT molecular complexity index is 1270. The molecule has 2 aromatic heterocycles. The second-order valence-corrected chi connectivity index (χ2v) is 9.58. The Morgan fingerprint density at radius 3 is 2.71 bits per heavy atom. The lowest BCUT2D eigenvalue weighted by Crippen LogP contribution is -2.15. The van der Waals surface area contributed by atoms with Crippen LogP contribution in [0, 0.1) is 13.8 Å². The largest absolute Gasteiger partial charge is 0.482 e. The van der Waals surface area contributed by atoms with Crippen molar-refractivity contribution in [2.24, 2.45) is 0 Å². The topological polar surface area (TPSA) is 81.9 Å². The maximum absolute atomic E-state index is 12.5. The summed E-state index contributed by atoms with van der Waals surface area (Å²) >= 11 is 2.76. The summed E-state index contributed by atoms with van der Waals surface area (Å²) in [6.45, 7) is 8.79. The number of aryl methyl sites for hydroxylation is 1. The highest BCUT2D eigenvalue weighted by atomic mass is 32.2. The van der Waals surface area contributed by atoms with Crippen LogP contribution in [-0.2, 0) is 11.3 Å². The number of carbonyl (C=O) groups excluding carboxylic acids is 1. The molecule has 0 spiro atoms. The second-order valence-electron chi connectivity index (χ2n) is 7.78. The third-order valence-corrected chi connectivity index (χ3v) is 7.16. The zero-order valence-corrected chi connectivity index (χ0v) is 21.2. The minimum absolute atomic E-state index is 0.133. The molecule has 1 atom stereocenters. The molecule has 2 aromatic carbocycles. The predicted molar refractivity (Wildman–Crippen MR) is 138 cm³/mol. The van der Waals surface area contributed by atoms with E-state index in [1.807, 2.05) is 73.2 Å². The van der Waals surface area contributed by atoms with Gasteiger partial charge in [-0.15, -0.1) is 21.5 Å². The van der Waals surface area contributed by atoms with Crippen molar-refractivity contribution in [1.29, 1.82) is 0 Å². The fraction of sp³-hybridized carbons (Fsp3) is 0.280. The number of benzene rings is 2. The Morgan fingerprint density at radius 2 is 1.94 bits per heavy atom. The maximum atomic E-state index is 12.5. The number of carbonyl (C=O) groups is 1. The van der Waals surface area contributed by atoms with Crippen molar-refractivity contribution in [3.05, 3.63) is 70.9 Å². The number of anilines is 1. The summed E-state index contributed by atoms with van der Waals surface area (Å²) in [7, 11) is 0. The van der Waals surface area contributed by atoms with Gasteiger partial charge in [0.15, 0.2) is 22.2 Å². The van der Waals surface area contributed by atoms with E-state index in [4.69, 9.17) is 4.74 Å². The van der Waals surface area contributed by atoms with Crippen molar-refractivity contribution >= 4 is 34.1 Å². The number of thioether (sulfide) groups is 1. The summed E-state index contributed by atoms with van der Waals surface area (Å²) < 4.78 is 8.18. The van der Waals surface area contributed by atoms with Crippen molar-refractivity contribution in [3.63, 3.8) is 0 Å². The van der Waals surface area contributed by atoms with Gasteiger partial charge in [-0.3, -0.25) is 4.79 Å². The summed E-state index contributed by atoms with van der Waals surface area (Å²) in [4.78, 5) is 17.1. The molecule has 4 rings (SSSR count). The number of nitrogens with one attached hydrogen (secondary N) is 1. The van der Waals surface area contributed by atoms with Gasteiger partial charge in [-0.25, -0.2) is 4.98 Å². The van der Waals surface area contributed by atoms with Crippen molar-refractivity contribution in [2.75, 3.05) is 11.1 Å². The molecule has 0 bridgehead atoms. The first-order valence-electron chi connectivity index (χ1n) is 11.1. The molecule has 0 aliphatic carbocycles. The maximum Gasteiger partial charge on any atom is 0.236 e. The minimum atomic E-state index is -0.275. The van der Waals surface area contributed by atoms with Crippen LogP contribution in [0.4, 0.5) is 5.13 Å². The Labute approximate surface area is 207 Å². The standard InChI is InChI=1S/C25H27N5O2S2/c1-5-30-23(18(4)32-21-13-9-10-16(2)17(21)3)28-29-25(30)34-15-22(31)27-24-26-20(14-33-24)19-11-7-6-8-12-19/h6-14,18H,5,15H2,1-4H3,(H,26,27,31). The van der Waals surface area contributed by atoms with E-state index >= 15 is 0 Å². The van der Waals surface area contributed by atoms with Crippen LogP contribution in [0.25, 0.3) is 11.3 Å². The van der Waals surface area contributed by atoms with Gasteiger partial charge in [0.25, 0.3) is 0 Å². The van der Waals surface area contributed by atoms with Crippen molar-refractivity contribution < 1.29 is 9.53 Å². The van der Waals surface area contributed by atoms with Crippen LogP contribution in [0.3, 0.4) is 0 Å². The number of nitrogens with zero attached hydrogens (tertiary/aromatic N) is 4. The first kappa shape index (κ1) is 24.0. The SMILES string of the molecule is CCn1c(SCC(=O)Nc2nc(-c3ccccc3)cs2)nnc1C(C)Oc1cccc(C)c1C. The van der Waals surface area contributed by atoms with Gasteiger partial charge in [-0.2, -0.15) is 0 Å². The van der Waals surface area contributed by atoms with Crippen LogP contribution in [0.1, 0.15) is 36.9 Å². The quantitative estimate of drug-likeness (QED) is 0.292. The van der Waals surface area contributed by atoms with E-state index < -0.39 is 0 Å². The fourth-order valence-corrected chi connectivity index (χ4v) is 5.00. The molecule has 0 radical (unpaired) electrons. The molecule has 7 nitrogen and oxygen atoms in total. The lowest BCUT2D eigenvalue weighted by molar-refractivity contribution is -0.113. The zero-order valence-electron chi connectivity index (χ0n) is 19.6. The van der Waals surface area contributed by atoms with Gasteiger partial charge in [0.2, 0.25) is 5.91 Å². The van der Waals surface area contributed by atoms with Crippen molar-refractivity contribution in [3.8, 4) is 17.0 Å². The van der Waals surface area contributed by atoms with Gasteiger partial charge >= 0.3 is 0 Å². The molecular weight excluding hydrogens is 466 g/mol. The Morgan fingerprint density at radius 1 is 1.15 bits per heavy atom. The summed E-state index contributed by atoms with van der Waals surface area (Å²) in [6.07, 6.45) is -0.275. The first-order valence-corrected chi connectivity index (χ1v) is 12.9. The molecule has 4 aromatic rings. The number of hydrogen-bond acceptors (Lipinski definition) is 7. The summed E-state index contributed by atoms with van der Waals surface area (Å²) in [5.74, 6) is 1.65. The number of amides is 1. The highest BCUT2D eigenvalue weighted by molar-refractivity contribution is 7.99. The molecule has 2 heterocycles. The molecule has 176 valence electrons. The summed E-state index contributed by atoms with van der Waals surface area (Å²) in [6, 6.07) is 15.9. The normalized spacial score (nSPS) is 11.9. The third kappa shape index (κ3) is 5.48. The van der Waals surface area contributed by atoms with Gasteiger partial charge in [0, 0.05) is 17.5 Å². The number of ether oxygens (including phenoxy) is 1. The van der Waals surface area contributed by atoms with E-state index in [9.17, 15) is 4.79 Å². The third-order valence-electron chi connectivity index (χ3n) is 5.44. The number of hydrogen-bond donors (Lipinski definition) is 1. The predicted octanol–water partition coefficient (Wildman–Crippen LogP) is 5.91. The molecular formula is C25H27N5O2S2. The average molecular weight is 494 g/mol. The van der Waals surface area contributed by atoms with Gasteiger partial charge in [0.05, 0.1) is 11.4 Å². The lowest BCUT2D eigenvalue weighted by Gasteiger charge is -2.17. The molecule has 0 fully saturated rings. The highest BCUT2D eigenvalue weighted by Gasteiger charge is 2.20. The van der Waals surface area contributed by atoms with E-state index in [0.717, 1.165) is 28.4 Å². The Balaban J connectivity index is 1.37. The Kier molecular flexibility index (Phi) is 7.64. The molecule has 0 aliphatic rings. The van der Waals surface area contributed by atoms with Gasteiger partial charge in [-0.05, 0) is 44.9 Å². The van der Waals surface area contributed by atoms with E-state index in [2.05, 4.69) is 33.5 Å². The molecule has 1 N–H and O–H groups in total. The van der Waals surface area contributed by atoms with Gasteiger partial charge in [-0.1, -0.05) is 54.2 Å². The number of aromatic nitrogens is 4. The monoisotopic (exact) mass is 493 g/mol. The van der Waals surface area contributed by atoms with Gasteiger partial charge in [0.1, 0.15) is 5.75 Å². The molecule has 0 saturated heterocycles. The zero-order chi connectivity index (χ0) is 24.1. The van der Waals surface area contributed by atoms with E-state index in [-0.39, 0.29) is 17.8 Å². The Hall–Kier alpha value is -3.17. The molecule has 34 heavy (non-hydrogen) atoms. The van der Waals surface area contributed by atoms with Crippen LogP contribution in [-0.4, -0.2) is 31.4 Å². The van der Waals surface area contributed by atoms with E-state index in [1.165, 1.54) is 28.7 Å². The van der Waals surface area contributed by atoms with Crippen molar-refractivity contribution in [2.45, 2.75) is 45.5 Å².